The van der Waals surface area contributed by atoms with Gasteiger partial charge in [0.1, 0.15) is 11.6 Å². The minimum atomic E-state index is -0.437. The first kappa shape index (κ1) is 14.5. The van der Waals surface area contributed by atoms with Gasteiger partial charge in [-0.05, 0) is 6.92 Å². The topological polar surface area (TPSA) is 98.6 Å². The zero-order valence-corrected chi connectivity index (χ0v) is 11.3. The Morgan fingerprint density at radius 1 is 1.40 bits per heavy atom. The van der Waals surface area contributed by atoms with Crippen LogP contribution in [0.2, 0.25) is 0 Å². The molecule has 1 atom stereocenters. The number of nitrogens with zero attached hydrogens (tertiary/aromatic N) is 2. The Balaban J connectivity index is 2.03. The van der Waals surface area contributed by atoms with Crippen molar-refractivity contribution in [2.75, 3.05) is 43.5 Å². The van der Waals surface area contributed by atoms with Gasteiger partial charge in [0.2, 0.25) is 0 Å². The van der Waals surface area contributed by atoms with E-state index in [1.807, 2.05) is 6.92 Å². The van der Waals surface area contributed by atoms with Gasteiger partial charge in [0.25, 0.3) is 5.69 Å². The lowest BCUT2D eigenvalue weighted by Gasteiger charge is -2.23. The Hall–Kier alpha value is -1.93. The lowest BCUT2D eigenvalue weighted by Crippen LogP contribution is -2.34. The SMILES string of the molecule is CCNc1cc([N+](=O)[O-])cc(NCC2COCCO2)n1. The second-order valence-corrected chi connectivity index (χ2v) is 4.33. The number of pyridine rings is 1. The smallest absolute Gasteiger partial charge is 0.276 e. The third-order valence-electron chi connectivity index (χ3n) is 2.77. The van der Waals surface area contributed by atoms with Crippen LogP contribution in [0.25, 0.3) is 0 Å². The molecule has 0 bridgehead atoms. The molecule has 1 unspecified atom stereocenters. The van der Waals surface area contributed by atoms with E-state index < -0.39 is 4.92 Å². The molecule has 0 spiro atoms. The lowest BCUT2D eigenvalue weighted by atomic mass is 10.3. The second kappa shape index (κ2) is 7.01. The number of anilines is 2. The van der Waals surface area contributed by atoms with Crippen LogP contribution in [-0.4, -0.2) is 48.9 Å². The fraction of sp³-hybridized carbons (Fsp3) is 0.583. The van der Waals surface area contributed by atoms with Crippen LogP contribution in [0.3, 0.4) is 0 Å². The fourth-order valence-electron chi connectivity index (χ4n) is 1.86. The van der Waals surface area contributed by atoms with Crippen molar-refractivity contribution in [3.63, 3.8) is 0 Å². The molecule has 1 aliphatic heterocycles. The number of nitro groups is 1. The van der Waals surface area contributed by atoms with Crippen molar-refractivity contribution in [1.29, 1.82) is 0 Å². The molecule has 0 amide bonds. The third-order valence-corrected chi connectivity index (χ3v) is 2.77. The van der Waals surface area contributed by atoms with E-state index in [9.17, 15) is 10.1 Å². The molecule has 0 radical (unpaired) electrons. The summed E-state index contributed by atoms with van der Waals surface area (Å²) in [5.41, 5.74) is -0.000683. The number of ether oxygens (including phenoxy) is 2. The molecule has 20 heavy (non-hydrogen) atoms. The van der Waals surface area contributed by atoms with Crippen LogP contribution < -0.4 is 10.6 Å². The van der Waals surface area contributed by atoms with Crippen LogP contribution in [0.5, 0.6) is 0 Å². The monoisotopic (exact) mass is 282 g/mol. The average molecular weight is 282 g/mol. The summed E-state index contributed by atoms with van der Waals surface area (Å²) in [6, 6.07) is 2.82. The molecule has 8 heteroatoms. The predicted molar refractivity (Wildman–Crippen MR) is 74.1 cm³/mol. The molecule has 110 valence electrons. The molecule has 2 heterocycles. The highest BCUT2D eigenvalue weighted by molar-refractivity contribution is 5.54. The van der Waals surface area contributed by atoms with Crippen LogP contribution >= 0.6 is 0 Å². The Kier molecular flexibility index (Phi) is 5.08. The quantitative estimate of drug-likeness (QED) is 0.598. The first-order valence-electron chi connectivity index (χ1n) is 6.52. The first-order valence-corrected chi connectivity index (χ1v) is 6.52. The summed E-state index contributed by atoms with van der Waals surface area (Å²) < 4.78 is 10.8. The minimum absolute atomic E-state index is 0.000683. The van der Waals surface area contributed by atoms with Gasteiger partial charge in [0.15, 0.2) is 0 Å². The van der Waals surface area contributed by atoms with Crippen molar-refractivity contribution < 1.29 is 14.4 Å². The van der Waals surface area contributed by atoms with Crippen LogP contribution in [0.4, 0.5) is 17.3 Å². The normalized spacial score (nSPS) is 18.6. The van der Waals surface area contributed by atoms with Crippen LogP contribution in [0.15, 0.2) is 12.1 Å². The van der Waals surface area contributed by atoms with E-state index in [4.69, 9.17) is 9.47 Å². The zero-order valence-electron chi connectivity index (χ0n) is 11.3. The Morgan fingerprint density at radius 2 is 2.15 bits per heavy atom. The highest BCUT2D eigenvalue weighted by Crippen LogP contribution is 2.20. The van der Waals surface area contributed by atoms with Gasteiger partial charge >= 0.3 is 0 Å². The Bertz CT molecular complexity index is 463. The Labute approximate surface area is 116 Å². The molecule has 8 nitrogen and oxygen atoms in total. The maximum Gasteiger partial charge on any atom is 0.276 e. The summed E-state index contributed by atoms with van der Waals surface area (Å²) in [4.78, 5) is 14.7. The standard InChI is InChI=1S/C12H18N4O4/c1-2-13-11-5-9(16(17)18)6-12(15-11)14-7-10-8-19-3-4-20-10/h5-6,10H,2-4,7-8H2,1H3,(H2,13,14,15). The molecule has 1 saturated heterocycles. The van der Waals surface area contributed by atoms with E-state index in [2.05, 4.69) is 15.6 Å². The predicted octanol–water partition coefficient (Wildman–Crippen LogP) is 1.25. The van der Waals surface area contributed by atoms with E-state index in [0.29, 0.717) is 44.5 Å². The molecule has 0 aliphatic carbocycles. The van der Waals surface area contributed by atoms with Gasteiger partial charge in [-0.2, -0.15) is 0 Å². The zero-order chi connectivity index (χ0) is 14.4. The number of nitrogens with one attached hydrogen (secondary N) is 2. The maximum atomic E-state index is 10.9. The van der Waals surface area contributed by atoms with Crippen molar-refractivity contribution in [2.24, 2.45) is 0 Å². The summed E-state index contributed by atoms with van der Waals surface area (Å²) >= 11 is 0. The van der Waals surface area contributed by atoms with Gasteiger partial charge in [-0.25, -0.2) is 4.98 Å². The van der Waals surface area contributed by atoms with Gasteiger partial charge in [-0.1, -0.05) is 0 Å². The number of aromatic nitrogens is 1. The molecule has 2 N–H and O–H groups in total. The van der Waals surface area contributed by atoms with Gasteiger partial charge in [-0.15, -0.1) is 0 Å². The number of hydrogen-bond donors (Lipinski definition) is 2. The molecule has 1 aromatic rings. The lowest BCUT2D eigenvalue weighted by molar-refractivity contribution is -0.384. The molecule has 0 aromatic carbocycles. The van der Waals surface area contributed by atoms with E-state index in [1.54, 1.807) is 0 Å². The molecule has 1 aliphatic rings. The van der Waals surface area contributed by atoms with Crippen molar-refractivity contribution in [3.05, 3.63) is 22.2 Å². The van der Waals surface area contributed by atoms with Gasteiger partial charge in [0.05, 0.1) is 43.0 Å². The van der Waals surface area contributed by atoms with Crippen molar-refractivity contribution in [1.82, 2.24) is 4.98 Å². The number of rotatable bonds is 6. The molecular formula is C12H18N4O4. The summed E-state index contributed by atoms with van der Waals surface area (Å²) in [6.45, 7) is 4.74. The molecule has 1 aromatic heterocycles. The summed E-state index contributed by atoms with van der Waals surface area (Å²) in [5.74, 6) is 0.925. The Morgan fingerprint density at radius 3 is 2.75 bits per heavy atom. The summed E-state index contributed by atoms with van der Waals surface area (Å²) in [6.07, 6.45) is -0.0626. The van der Waals surface area contributed by atoms with Crippen molar-refractivity contribution in [2.45, 2.75) is 13.0 Å². The first-order chi connectivity index (χ1) is 9.69. The second-order valence-electron chi connectivity index (χ2n) is 4.33. The van der Waals surface area contributed by atoms with E-state index in [1.165, 1.54) is 12.1 Å². The van der Waals surface area contributed by atoms with E-state index >= 15 is 0 Å². The number of hydrogen-bond acceptors (Lipinski definition) is 7. The van der Waals surface area contributed by atoms with Gasteiger partial charge < -0.3 is 20.1 Å². The highest BCUT2D eigenvalue weighted by atomic mass is 16.6. The maximum absolute atomic E-state index is 10.9. The third kappa shape index (κ3) is 4.04. The van der Waals surface area contributed by atoms with Crippen LogP contribution in [0, 0.1) is 10.1 Å². The average Bonchev–Trinajstić information content (AvgIpc) is 2.46. The fourth-order valence-corrected chi connectivity index (χ4v) is 1.86. The van der Waals surface area contributed by atoms with E-state index in [-0.39, 0.29) is 11.8 Å². The van der Waals surface area contributed by atoms with Crippen LogP contribution in [0.1, 0.15) is 6.92 Å². The van der Waals surface area contributed by atoms with Gasteiger partial charge in [-0.3, -0.25) is 10.1 Å². The minimum Gasteiger partial charge on any atom is -0.376 e. The highest BCUT2D eigenvalue weighted by Gasteiger charge is 2.16. The van der Waals surface area contributed by atoms with Crippen molar-refractivity contribution in [3.8, 4) is 0 Å². The van der Waals surface area contributed by atoms with E-state index in [0.717, 1.165) is 0 Å². The molecular weight excluding hydrogens is 264 g/mol. The molecule has 2 rings (SSSR count). The molecule has 1 fully saturated rings. The summed E-state index contributed by atoms with van der Waals surface area (Å²) in [5, 5.41) is 16.9. The summed E-state index contributed by atoms with van der Waals surface area (Å²) in [7, 11) is 0. The van der Waals surface area contributed by atoms with Gasteiger partial charge in [0, 0.05) is 13.1 Å². The van der Waals surface area contributed by atoms with Crippen LogP contribution in [-0.2, 0) is 9.47 Å². The largest absolute Gasteiger partial charge is 0.376 e. The van der Waals surface area contributed by atoms with Crippen molar-refractivity contribution >= 4 is 17.3 Å². The molecule has 0 saturated carbocycles.